The van der Waals surface area contributed by atoms with Crippen molar-refractivity contribution < 1.29 is 4.39 Å². The van der Waals surface area contributed by atoms with Gasteiger partial charge in [0.1, 0.15) is 5.82 Å². The molecule has 20 heavy (non-hydrogen) atoms. The average Bonchev–Trinajstić information content (AvgIpc) is 2.36. The third kappa shape index (κ3) is 4.69. The van der Waals surface area contributed by atoms with E-state index in [9.17, 15) is 4.39 Å². The molecule has 0 radical (unpaired) electrons. The van der Waals surface area contributed by atoms with Gasteiger partial charge in [0.25, 0.3) is 0 Å². The van der Waals surface area contributed by atoms with Crippen molar-refractivity contribution in [2.24, 2.45) is 5.41 Å². The van der Waals surface area contributed by atoms with Crippen LogP contribution in [0.3, 0.4) is 0 Å². The van der Waals surface area contributed by atoms with Gasteiger partial charge in [0, 0.05) is 12.2 Å². The lowest BCUT2D eigenvalue weighted by molar-refractivity contribution is 0.411. The summed E-state index contributed by atoms with van der Waals surface area (Å²) < 4.78 is 13.1. The predicted octanol–water partition coefficient (Wildman–Crippen LogP) is 5.03. The molecule has 2 rings (SSSR count). The van der Waals surface area contributed by atoms with Gasteiger partial charge in [0.05, 0.1) is 0 Å². The summed E-state index contributed by atoms with van der Waals surface area (Å²) in [5.74, 6) is -0.190. The zero-order chi connectivity index (χ0) is 14.6. The predicted molar refractivity (Wildman–Crippen MR) is 83.3 cm³/mol. The van der Waals surface area contributed by atoms with Gasteiger partial charge in [-0.05, 0) is 47.2 Å². The number of hydrogen-bond acceptors (Lipinski definition) is 1. The first-order valence-corrected chi connectivity index (χ1v) is 7.00. The van der Waals surface area contributed by atoms with E-state index in [-0.39, 0.29) is 5.82 Å². The summed E-state index contributed by atoms with van der Waals surface area (Å²) in [7, 11) is 0. The summed E-state index contributed by atoms with van der Waals surface area (Å²) >= 11 is 0. The largest absolute Gasteiger partial charge is 0.381 e. The molecule has 0 aliphatic rings. The molecule has 0 atom stereocenters. The van der Waals surface area contributed by atoms with Crippen molar-refractivity contribution in [2.45, 2.75) is 33.7 Å². The second kappa shape index (κ2) is 6.08. The number of benzene rings is 2. The number of rotatable bonds is 4. The summed E-state index contributed by atoms with van der Waals surface area (Å²) in [6.07, 6.45) is 1.07. The van der Waals surface area contributed by atoms with Crippen LogP contribution in [0.4, 0.5) is 10.1 Å². The summed E-state index contributed by atoms with van der Waals surface area (Å²) in [4.78, 5) is 0. The number of hydrogen-bond donors (Lipinski definition) is 1. The first-order chi connectivity index (χ1) is 9.42. The summed E-state index contributed by atoms with van der Waals surface area (Å²) in [6.45, 7) is 7.35. The molecule has 0 aliphatic heterocycles. The lowest BCUT2D eigenvalue weighted by atomic mass is 9.88. The molecule has 1 N–H and O–H groups in total. The van der Waals surface area contributed by atoms with Crippen LogP contribution in [0.2, 0.25) is 0 Å². The van der Waals surface area contributed by atoms with Crippen LogP contribution in [0.15, 0.2) is 48.5 Å². The molecule has 2 aromatic rings. The van der Waals surface area contributed by atoms with Crippen LogP contribution in [0.25, 0.3) is 0 Å². The molecule has 0 amide bonds. The third-order valence-corrected chi connectivity index (χ3v) is 3.07. The van der Waals surface area contributed by atoms with Gasteiger partial charge in [-0.3, -0.25) is 0 Å². The Hall–Kier alpha value is -1.83. The average molecular weight is 271 g/mol. The van der Waals surface area contributed by atoms with E-state index in [0.29, 0.717) is 12.0 Å². The molecule has 2 aromatic carbocycles. The second-order valence-corrected chi connectivity index (χ2v) is 6.42. The Kier molecular flexibility index (Phi) is 4.43. The minimum atomic E-state index is -0.190. The van der Waals surface area contributed by atoms with Crippen molar-refractivity contribution in [1.82, 2.24) is 0 Å². The molecule has 0 spiro atoms. The zero-order valence-electron chi connectivity index (χ0n) is 12.4. The molecule has 106 valence electrons. The van der Waals surface area contributed by atoms with Crippen LogP contribution in [0.1, 0.15) is 31.9 Å². The van der Waals surface area contributed by atoms with Gasteiger partial charge in [-0.25, -0.2) is 4.39 Å². The normalized spacial score (nSPS) is 11.4. The molecule has 2 heteroatoms. The molecule has 0 unspecified atom stereocenters. The Balaban J connectivity index is 1.94. The highest BCUT2D eigenvalue weighted by Crippen LogP contribution is 2.21. The fourth-order valence-corrected chi connectivity index (χ4v) is 2.20. The van der Waals surface area contributed by atoms with Gasteiger partial charge in [-0.2, -0.15) is 0 Å². The van der Waals surface area contributed by atoms with Gasteiger partial charge >= 0.3 is 0 Å². The van der Waals surface area contributed by atoms with Gasteiger partial charge in [0.15, 0.2) is 0 Å². The molecule has 0 aromatic heterocycles. The van der Waals surface area contributed by atoms with E-state index in [1.54, 1.807) is 12.1 Å². The standard InChI is InChI=1S/C18H22FN/c1-18(2,3)12-14-7-9-17(10-8-14)20-13-15-5-4-6-16(19)11-15/h4-11,20H,12-13H2,1-3H3. The molecule has 0 bridgehead atoms. The topological polar surface area (TPSA) is 12.0 Å². The highest BCUT2D eigenvalue weighted by atomic mass is 19.1. The Morgan fingerprint density at radius 2 is 1.65 bits per heavy atom. The highest BCUT2D eigenvalue weighted by Gasteiger charge is 2.10. The molecule has 0 heterocycles. The molecule has 0 aliphatic carbocycles. The Morgan fingerprint density at radius 1 is 0.950 bits per heavy atom. The lowest BCUT2D eigenvalue weighted by Crippen LogP contribution is -2.09. The van der Waals surface area contributed by atoms with E-state index in [0.717, 1.165) is 17.7 Å². The minimum Gasteiger partial charge on any atom is -0.381 e. The quantitative estimate of drug-likeness (QED) is 0.822. The Labute approximate surface area is 120 Å². The monoisotopic (exact) mass is 271 g/mol. The molecule has 0 fully saturated rings. The van der Waals surface area contributed by atoms with Gasteiger partial charge in [0.2, 0.25) is 0 Å². The summed E-state index contributed by atoms with van der Waals surface area (Å²) in [5, 5.41) is 3.31. The molecule has 1 nitrogen and oxygen atoms in total. The van der Waals surface area contributed by atoms with E-state index in [4.69, 9.17) is 0 Å². The first kappa shape index (κ1) is 14.6. The van der Waals surface area contributed by atoms with E-state index in [1.165, 1.54) is 11.6 Å². The van der Waals surface area contributed by atoms with Crippen LogP contribution in [0, 0.1) is 11.2 Å². The third-order valence-electron chi connectivity index (χ3n) is 3.07. The van der Waals surface area contributed by atoms with Crippen LogP contribution in [-0.2, 0) is 13.0 Å². The summed E-state index contributed by atoms with van der Waals surface area (Å²) in [5.41, 5.74) is 3.65. The summed E-state index contributed by atoms with van der Waals surface area (Å²) in [6, 6.07) is 15.1. The Morgan fingerprint density at radius 3 is 2.25 bits per heavy atom. The van der Waals surface area contributed by atoms with Crippen LogP contribution in [0.5, 0.6) is 0 Å². The lowest BCUT2D eigenvalue weighted by Gasteiger charge is -2.18. The maximum absolute atomic E-state index is 13.1. The Bertz CT molecular complexity index is 552. The van der Waals surface area contributed by atoms with Crippen molar-refractivity contribution in [2.75, 3.05) is 5.32 Å². The molecular weight excluding hydrogens is 249 g/mol. The van der Waals surface area contributed by atoms with Crippen molar-refractivity contribution in [1.29, 1.82) is 0 Å². The smallest absolute Gasteiger partial charge is 0.123 e. The highest BCUT2D eigenvalue weighted by molar-refractivity contribution is 5.45. The van der Waals surface area contributed by atoms with Gasteiger partial charge in [-0.15, -0.1) is 0 Å². The number of anilines is 1. The van der Waals surface area contributed by atoms with Crippen LogP contribution >= 0.6 is 0 Å². The molecule has 0 saturated heterocycles. The van der Waals surface area contributed by atoms with Gasteiger partial charge in [-0.1, -0.05) is 45.0 Å². The molecule has 0 saturated carbocycles. The van der Waals surface area contributed by atoms with Crippen molar-refractivity contribution in [3.63, 3.8) is 0 Å². The minimum absolute atomic E-state index is 0.190. The van der Waals surface area contributed by atoms with E-state index in [2.05, 4.69) is 50.4 Å². The molecular formula is C18H22FN. The van der Waals surface area contributed by atoms with Crippen molar-refractivity contribution in [3.05, 3.63) is 65.5 Å². The number of nitrogens with one attached hydrogen (secondary N) is 1. The number of halogens is 1. The van der Waals surface area contributed by atoms with E-state index in [1.807, 2.05) is 6.07 Å². The van der Waals surface area contributed by atoms with Crippen molar-refractivity contribution in [3.8, 4) is 0 Å². The van der Waals surface area contributed by atoms with Crippen LogP contribution < -0.4 is 5.32 Å². The second-order valence-electron chi connectivity index (χ2n) is 6.42. The van der Waals surface area contributed by atoms with Crippen LogP contribution in [-0.4, -0.2) is 0 Å². The fraction of sp³-hybridized carbons (Fsp3) is 0.333. The first-order valence-electron chi connectivity index (χ1n) is 7.00. The van der Waals surface area contributed by atoms with E-state index < -0.39 is 0 Å². The zero-order valence-corrected chi connectivity index (χ0v) is 12.4. The van der Waals surface area contributed by atoms with Crippen molar-refractivity contribution >= 4 is 5.69 Å². The maximum atomic E-state index is 13.1. The maximum Gasteiger partial charge on any atom is 0.123 e. The SMILES string of the molecule is CC(C)(C)Cc1ccc(NCc2cccc(F)c2)cc1. The van der Waals surface area contributed by atoms with Gasteiger partial charge < -0.3 is 5.32 Å². The fourth-order valence-electron chi connectivity index (χ4n) is 2.20. The van der Waals surface area contributed by atoms with E-state index >= 15 is 0 Å².